The van der Waals surface area contributed by atoms with Gasteiger partial charge in [0.2, 0.25) is 0 Å². The monoisotopic (exact) mass is 1370 g/mol. The van der Waals surface area contributed by atoms with Crippen LogP contribution < -0.4 is 0 Å². The van der Waals surface area contributed by atoms with Crippen LogP contribution >= 0.6 is 0 Å². The van der Waals surface area contributed by atoms with E-state index < -0.39 is 0 Å². The van der Waals surface area contributed by atoms with Crippen LogP contribution in [0.1, 0.15) is 0 Å². The number of hydrogen-bond acceptors (Lipinski definition) is 9. The molecule has 0 aliphatic rings. The van der Waals surface area contributed by atoms with E-state index in [1.807, 2.05) is 79.3 Å². The van der Waals surface area contributed by atoms with E-state index in [0.29, 0.717) is 0 Å². The first-order valence-electron chi connectivity index (χ1n) is 36.3. The van der Waals surface area contributed by atoms with E-state index in [4.69, 9.17) is 44.9 Å². The minimum Gasteiger partial charge on any atom is -0.254 e. The van der Waals surface area contributed by atoms with E-state index in [-0.39, 0.29) is 0 Å². The third-order valence-corrected chi connectivity index (χ3v) is 21.2. The first-order valence-corrected chi connectivity index (χ1v) is 36.3. The SMILES string of the molecule is c1ccc(-c2ccc3ccc4c(-c5ccc(-c6ccc7ccc8c(-c9ccccc9)c9ccccc9nc8c7n6)nc5)ccnc4c3n2)cc1.c1ccc(-c2ccc3ccc4c(-c5ccc6c(ccc7cc(-c8ccc9ccc%10c(-c%11ccccc%11)c%11ccccc%11nc%10c9n8)ccc76)c5)ccnc4c3n2)cc1. The van der Waals surface area contributed by atoms with Crippen molar-refractivity contribution in [3.63, 3.8) is 0 Å². The molecule has 0 atom stereocenters. The van der Waals surface area contributed by atoms with Gasteiger partial charge in [-0.25, -0.2) is 29.9 Å². The van der Waals surface area contributed by atoms with Crippen molar-refractivity contribution < 1.29 is 0 Å². The lowest BCUT2D eigenvalue weighted by Crippen LogP contribution is -1.94. The summed E-state index contributed by atoms with van der Waals surface area (Å²) in [5, 5.41) is 15.6. The molecule has 0 unspecified atom stereocenters. The molecule has 0 N–H and O–H groups in total. The molecule has 22 rings (SSSR count). The molecular weight excluding hydrogens is 1320 g/mol. The summed E-state index contributed by atoms with van der Waals surface area (Å²) < 4.78 is 0. The maximum atomic E-state index is 5.32. The van der Waals surface area contributed by atoms with Gasteiger partial charge in [0.1, 0.15) is 0 Å². The summed E-state index contributed by atoms with van der Waals surface area (Å²) in [6.07, 6.45) is 5.69. The van der Waals surface area contributed by atoms with Gasteiger partial charge in [-0.3, -0.25) is 15.0 Å². The molecule has 0 radical (unpaired) electrons. The fraction of sp³-hybridized carbons (Fsp3) is 0. The van der Waals surface area contributed by atoms with Crippen LogP contribution in [0.4, 0.5) is 0 Å². The van der Waals surface area contributed by atoms with E-state index in [0.717, 1.165) is 182 Å². The van der Waals surface area contributed by atoms with E-state index in [2.05, 4.69) is 279 Å². The van der Waals surface area contributed by atoms with Gasteiger partial charge in [0, 0.05) is 106 Å². The Labute approximate surface area is 619 Å². The quantitative estimate of drug-likeness (QED) is 0.108. The van der Waals surface area contributed by atoms with Crippen molar-refractivity contribution in [2.45, 2.75) is 0 Å². The Morgan fingerprint density at radius 3 is 0.981 bits per heavy atom. The highest BCUT2D eigenvalue weighted by Gasteiger charge is 2.20. The smallest absolute Gasteiger partial charge is 0.0978 e. The van der Waals surface area contributed by atoms with E-state index in [9.17, 15) is 0 Å². The van der Waals surface area contributed by atoms with Gasteiger partial charge >= 0.3 is 0 Å². The minimum atomic E-state index is 0.801. The number of pyridine rings is 9. The van der Waals surface area contributed by atoms with Gasteiger partial charge in [-0.15, -0.1) is 0 Å². The molecule has 22 aromatic rings. The molecule has 0 saturated heterocycles. The van der Waals surface area contributed by atoms with Crippen LogP contribution in [0, 0.1) is 0 Å². The van der Waals surface area contributed by atoms with Crippen molar-refractivity contribution in [1.29, 1.82) is 0 Å². The fourth-order valence-electron chi connectivity index (χ4n) is 15.9. The Kier molecular flexibility index (Phi) is 14.7. The van der Waals surface area contributed by atoms with Crippen molar-refractivity contribution in [3.8, 4) is 89.7 Å². The average molecular weight is 1370 g/mol. The lowest BCUT2D eigenvalue weighted by molar-refractivity contribution is 1.28. The Bertz CT molecular complexity index is 7400. The minimum absolute atomic E-state index is 0.801. The van der Waals surface area contributed by atoms with Crippen LogP contribution in [0.3, 0.4) is 0 Å². The molecule has 9 aromatic heterocycles. The molecule has 0 amide bonds. The van der Waals surface area contributed by atoms with Crippen LogP contribution in [0.25, 0.3) is 220 Å². The molecule has 0 spiro atoms. The molecule has 500 valence electrons. The standard InChI is InChI=1S/C54H32N4.C45H27N5/c1-3-9-33(10-4-1)47-27-21-35-17-25-44-43(29-30-55-53(44)51(35)56-47)39-19-23-41-37(31-39)15-16-38-32-40(20-24-42(38)41)48-28-22-36-18-26-46-50(34-11-5-2-6-12-34)45-13-7-8-14-49(45)58-54(46)52(36)57-48;1-3-9-28(10-4-1)37-22-17-30-15-20-34-33(25-26-46-44(34)42(30)48-37)32-19-23-39(47-27-32)40-24-18-31-16-21-36-41(29-11-5-2-6-12-29)35-13-7-8-14-38(35)49-45(36)43(31)50-40/h1-32H;1-27H. The number of benzene rings is 13. The zero-order chi connectivity index (χ0) is 71.2. The maximum Gasteiger partial charge on any atom is 0.0978 e. The summed E-state index contributed by atoms with van der Waals surface area (Å²) in [5.41, 5.74) is 25.8. The average Bonchev–Trinajstić information content (AvgIpc) is 0.754. The second-order valence-electron chi connectivity index (χ2n) is 27.5. The van der Waals surface area contributed by atoms with Crippen LogP contribution in [0.2, 0.25) is 0 Å². The van der Waals surface area contributed by atoms with Gasteiger partial charge < -0.3 is 0 Å². The molecule has 9 heteroatoms. The molecular formula is C99H59N9. The summed E-state index contributed by atoms with van der Waals surface area (Å²) in [4.78, 5) is 45.6. The lowest BCUT2D eigenvalue weighted by Gasteiger charge is -2.13. The topological polar surface area (TPSA) is 116 Å². The van der Waals surface area contributed by atoms with Crippen molar-refractivity contribution in [3.05, 3.63) is 358 Å². The van der Waals surface area contributed by atoms with E-state index >= 15 is 0 Å². The van der Waals surface area contributed by atoms with Crippen LogP contribution in [0.15, 0.2) is 358 Å². The largest absolute Gasteiger partial charge is 0.254 e. The van der Waals surface area contributed by atoms with Crippen LogP contribution in [0.5, 0.6) is 0 Å². The highest BCUT2D eigenvalue weighted by Crippen LogP contribution is 2.43. The normalized spacial score (nSPS) is 11.7. The highest BCUT2D eigenvalue weighted by molar-refractivity contribution is 6.19. The zero-order valence-electron chi connectivity index (χ0n) is 58.1. The van der Waals surface area contributed by atoms with Gasteiger partial charge in [-0.05, 0) is 116 Å². The van der Waals surface area contributed by atoms with Crippen LogP contribution in [-0.2, 0) is 0 Å². The lowest BCUT2D eigenvalue weighted by atomic mass is 9.94. The maximum absolute atomic E-state index is 5.32. The van der Waals surface area contributed by atoms with Crippen molar-refractivity contribution in [1.82, 2.24) is 44.9 Å². The number of fused-ring (bicyclic) bond motifs is 17. The van der Waals surface area contributed by atoms with Crippen LogP contribution in [-0.4, -0.2) is 44.9 Å². The molecule has 9 nitrogen and oxygen atoms in total. The Hall–Kier alpha value is -14.7. The second-order valence-corrected chi connectivity index (χ2v) is 27.5. The van der Waals surface area contributed by atoms with Gasteiger partial charge in [0.05, 0.1) is 83.6 Å². The second kappa shape index (κ2) is 25.6. The summed E-state index contributed by atoms with van der Waals surface area (Å²) in [7, 11) is 0. The summed E-state index contributed by atoms with van der Waals surface area (Å²) in [6, 6.07) is 119. The zero-order valence-corrected chi connectivity index (χ0v) is 58.1. The van der Waals surface area contributed by atoms with Gasteiger partial charge in [0.15, 0.2) is 0 Å². The molecule has 108 heavy (non-hydrogen) atoms. The number of para-hydroxylation sites is 2. The predicted octanol–water partition coefficient (Wildman–Crippen LogP) is 25.1. The Balaban J connectivity index is 0.000000139. The predicted molar refractivity (Wildman–Crippen MR) is 447 cm³/mol. The number of nitrogens with zero attached hydrogens (tertiary/aromatic N) is 9. The number of aromatic nitrogens is 9. The molecule has 13 aromatic carbocycles. The molecule has 9 heterocycles. The van der Waals surface area contributed by atoms with Crippen molar-refractivity contribution in [2.24, 2.45) is 0 Å². The van der Waals surface area contributed by atoms with E-state index in [1.165, 1.54) is 38.2 Å². The Morgan fingerprint density at radius 1 is 0.167 bits per heavy atom. The third-order valence-electron chi connectivity index (χ3n) is 21.2. The van der Waals surface area contributed by atoms with Crippen molar-refractivity contribution >= 4 is 131 Å². The highest BCUT2D eigenvalue weighted by atomic mass is 14.8. The van der Waals surface area contributed by atoms with Gasteiger partial charge in [-0.2, -0.15) is 0 Å². The Morgan fingerprint density at radius 2 is 0.509 bits per heavy atom. The molecule has 0 aliphatic heterocycles. The third kappa shape index (κ3) is 10.7. The number of rotatable bonds is 8. The molecule has 0 bridgehead atoms. The first-order chi connectivity index (χ1) is 53.5. The number of hydrogen-bond donors (Lipinski definition) is 0. The van der Waals surface area contributed by atoms with Gasteiger partial charge in [-0.1, -0.05) is 273 Å². The summed E-state index contributed by atoms with van der Waals surface area (Å²) in [5.74, 6) is 0. The summed E-state index contributed by atoms with van der Waals surface area (Å²) in [6.45, 7) is 0. The van der Waals surface area contributed by atoms with E-state index in [1.54, 1.807) is 0 Å². The first kappa shape index (κ1) is 61.9. The van der Waals surface area contributed by atoms with Crippen molar-refractivity contribution in [2.75, 3.05) is 0 Å². The molecule has 0 saturated carbocycles. The molecule has 0 fully saturated rings. The molecule has 0 aliphatic carbocycles. The van der Waals surface area contributed by atoms with Gasteiger partial charge in [0.25, 0.3) is 0 Å². The summed E-state index contributed by atoms with van der Waals surface area (Å²) >= 11 is 0. The fourth-order valence-corrected chi connectivity index (χ4v) is 15.9.